The van der Waals surface area contributed by atoms with Crippen molar-refractivity contribution in [1.82, 2.24) is 20.2 Å². The molecular formula is C24H20ClN5O7. The molecule has 2 N–H and O–H groups in total. The first-order valence-electron chi connectivity index (χ1n) is 10.8. The molecule has 2 aromatic heterocycles. The average molecular weight is 526 g/mol. The first-order chi connectivity index (χ1) is 17.8. The van der Waals surface area contributed by atoms with E-state index in [0.29, 0.717) is 33.3 Å². The highest BCUT2D eigenvalue weighted by Gasteiger charge is 2.17. The number of aromatic nitrogens is 4. The lowest BCUT2D eigenvalue weighted by molar-refractivity contribution is -0.116. The molecular weight excluding hydrogens is 506 g/mol. The summed E-state index contributed by atoms with van der Waals surface area (Å²) in [6.07, 6.45) is 1.78. The molecule has 0 aliphatic heterocycles. The van der Waals surface area contributed by atoms with Gasteiger partial charge in [0.2, 0.25) is 5.91 Å². The normalized spacial score (nSPS) is 10.6. The Balaban J connectivity index is 1.32. The first kappa shape index (κ1) is 25.4. The summed E-state index contributed by atoms with van der Waals surface area (Å²) < 4.78 is 17.1. The fourth-order valence-corrected chi connectivity index (χ4v) is 3.41. The molecule has 4 aromatic rings. The molecule has 0 fully saturated rings. The van der Waals surface area contributed by atoms with Crippen LogP contribution in [0.2, 0.25) is 5.02 Å². The van der Waals surface area contributed by atoms with Crippen LogP contribution in [0.3, 0.4) is 0 Å². The van der Waals surface area contributed by atoms with Crippen LogP contribution in [0, 0.1) is 0 Å². The predicted octanol–water partition coefficient (Wildman–Crippen LogP) is 3.68. The molecule has 1 amide bonds. The minimum Gasteiger partial charge on any atom is -0.486 e. The summed E-state index contributed by atoms with van der Waals surface area (Å²) in [5.74, 6) is -1.35. The molecule has 2 heterocycles. The lowest BCUT2D eigenvalue weighted by atomic mass is 10.1. The number of nitrogens with one attached hydrogen (secondary N) is 1. The van der Waals surface area contributed by atoms with Gasteiger partial charge in [-0.3, -0.25) is 9.48 Å². The predicted molar refractivity (Wildman–Crippen MR) is 129 cm³/mol. The Kier molecular flexibility index (Phi) is 7.79. The van der Waals surface area contributed by atoms with Gasteiger partial charge in [0.25, 0.3) is 0 Å². The molecule has 0 saturated carbocycles. The molecule has 13 heteroatoms. The lowest BCUT2D eigenvalue weighted by Crippen LogP contribution is -2.15. The zero-order valence-electron chi connectivity index (χ0n) is 19.4. The molecule has 12 nitrogen and oxygen atoms in total. The van der Waals surface area contributed by atoms with Crippen molar-refractivity contribution in [3.63, 3.8) is 0 Å². The molecule has 0 spiro atoms. The SMILES string of the molecule is COC(=O)c1ccc(NC(=O)CCn2cc(COc3ccc(Cl)cc3-c3cc(C(=O)O)no3)nn2)cc1. The number of carboxylic acids is 1. The minimum absolute atomic E-state index is 0.0489. The molecule has 0 atom stereocenters. The molecule has 2 aromatic carbocycles. The van der Waals surface area contributed by atoms with Crippen molar-refractivity contribution in [3.05, 3.63) is 76.7 Å². The second-order valence-electron chi connectivity index (χ2n) is 7.65. The number of aromatic carboxylic acids is 1. The Morgan fingerprint density at radius 2 is 1.92 bits per heavy atom. The van der Waals surface area contributed by atoms with Crippen LogP contribution >= 0.6 is 11.6 Å². The first-order valence-corrected chi connectivity index (χ1v) is 11.2. The summed E-state index contributed by atoms with van der Waals surface area (Å²) in [7, 11) is 1.30. The maximum atomic E-state index is 12.3. The van der Waals surface area contributed by atoms with E-state index in [2.05, 4.69) is 25.5 Å². The number of hydrogen-bond acceptors (Lipinski definition) is 9. The number of carbonyl (C=O) groups is 3. The molecule has 0 bridgehead atoms. The van der Waals surface area contributed by atoms with E-state index < -0.39 is 11.9 Å². The number of nitrogens with zero attached hydrogens (tertiary/aromatic N) is 4. The van der Waals surface area contributed by atoms with E-state index >= 15 is 0 Å². The van der Waals surface area contributed by atoms with Gasteiger partial charge >= 0.3 is 11.9 Å². The Labute approximate surface area is 214 Å². The van der Waals surface area contributed by atoms with E-state index in [-0.39, 0.29) is 36.9 Å². The quantitative estimate of drug-likeness (QED) is 0.292. The minimum atomic E-state index is -1.22. The van der Waals surface area contributed by atoms with Gasteiger partial charge in [-0.2, -0.15) is 0 Å². The number of ether oxygens (including phenoxy) is 2. The number of rotatable bonds is 10. The largest absolute Gasteiger partial charge is 0.486 e. The highest BCUT2D eigenvalue weighted by atomic mass is 35.5. The molecule has 0 saturated heterocycles. The van der Waals surface area contributed by atoms with Crippen LogP contribution < -0.4 is 10.1 Å². The number of methoxy groups -OCH3 is 1. The van der Waals surface area contributed by atoms with Gasteiger partial charge < -0.3 is 24.4 Å². The zero-order valence-corrected chi connectivity index (χ0v) is 20.1. The third kappa shape index (κ3) is 6.49. The summed E-state index contributed by atoms with van der Waals surface area (Å²) in [6.45, 7) is 0.328. The summed E-state index contributed by atoms with van der Waals surface area (Å²) in [5.41, 5.74) is 1.62. The Hall–Kier alpha value is -4.71. The number of esters is 1. The van der Waals surface area contributed by atoms with Crippen LogP contribution in [-0.2, 0) is 22.7 Å². The van der Waals surface area contributed by atoms with Gasteiger partial charge in [0.1, 0.15) is 18.1 Å². The maximum absolute atomic E-state index is 12.3. The standard InChI is InChI=1S/C24H20ClN5O7/c1-35-24(34)14-2-5-16(6-3-14)26-22(31)8-9-30-12-17(27-29-30)13-36-20-7-4-15(25)10-18(20)21-11-19(23(32)33)28-37-21/h2-7,10-12H,8-9,13H2,1H3,(H,26,31)(H,32,33). The van der Waals surface area contributed by atoms with Crippen molar-refractivity contribution in [2.45, 2.75) is 19.6 Å². The average Bonchev–Trinajstić information content (AvgIpc) is 3.57. The third-order valence-electron chi connectivity index (χ3n) is 5.06. The smallest absolute Gasteiger partial charge is 0.358 e. The molecule has 0 aliphatic carbocycles. The van der Waals surface area contributed by atoms with Crippen LogP contribution in [0.15, 0.2) is 59.3 Å². The number of aryl methyl sites for hydroxylation is 1. The fourth-order valence-electron chi connectivity index (χ4n) is 3.24. The van der Waals surface area contributed by atoms with Gasteiger partial charge in [-0.1, -0.05) is 22.0 Å². The van der Waals surface area contributed by atoms with Crippen molar-refractivity contribution in [3.8, 4) is 17.1 Å². The highest BCUT2D eigenvalue weighted by molar-refractivity contribution is 6.31. The zero-order chi connectivity index (χ0) is 26.4. The Morgan fingerprint density at radius 1 is 1.14 bits per heavy atom. The summed E-state index contributed by atoms with van der Waals surface area (Å²) in [4.78, 5) is 34.9. The number of amides is 1. The highest BCUT2D eigenvalue weighted by Crippen LogP contribution is 2.33. The van der Waals surface area contributed by atoms with Crippen LogP contribution in [0.4, 0.5) is 5.69 Å². The van der Waals surface area contributed by atoms with E-state index in [1.165, 1.54) is 17.9 Å². The van der Waals surface area contributed by atoms with Gasteiger partial charge in [0, 0.05) is 23.2 Å². The van der Waals surface area contributed by atoms with E-state index in [4.69, 9.17) is 26.0 Å². The van der Waals surface area contributed by atoms with Gasteiger partial charge in [-0.25, -0.2) is 9.59 Å². The van der Waals surface area contributed by atoms with Crippen LogP contribution in [0.5, 0.6) is 5.75 Å². The molecule has 37 heavy (non-hydrogen) atoms. The van der Waals surface area contributed by atoms with E-state index in [1.807, 2.05) is 0 Å². The summed E-state index contributed by atoms with van der Waals surface area (Å²) in [6, 6.07) is 12.4. The lowest BCUT2D eigenvalue weighted by Gasteiger charge is -2.08. The summed E-state index contributed by atoms with van der Waals surface area (Å²) in [5, 5.41) is 23.8. The molecule has 4 rings (SSSR count). The Morgan fingerprint density at radius 3 is 2.62 bits per heavy atom. The number of carboxylic acid groups (broad SMARTS) is 1. The summed E-state index contributed by atoms with van der Waals surface area (Å²) >= 11 is 6.08. The second-order valence-corrected chi connectivity index (χ2v) is 8.09. The van der Waals surface area contributed by atoms with E-state index in [0.717, 1.165) is 0 Å². The maximum Gasteiger partial charge on any atom is 0.358 e. The van der Waals surface area contributed by atoms with Crippen molar-refractivity contribution in [2.24, 2.45) is 0 Å². The molecule has 0 radical (unpaired) electrons. The van der Waals surface area contributed by atoms with E-state index in [1.54, 1.807) is 48.7 Å². The Bertz CT molecular complexity index is 1430. The van der Waals surface area contributed by atoms with Crippen molar-refractivity contribution in [2.75, 3.05) is 12.4 Å². The number of anilines is 1. The topological polar surface area (TPSA) is 159 Å². The van der Waals surface area contributed by atoms with Crippen molar-refractivity contribution < 1.29 is 33.5 Å². The van der Waals surface area contributed by atoms with Gasteiger partial charge in [-0.05, 0) is 42.5 Å². The molecule has 0 aliphatic rings. The monoisotopic (exact) mass is 525 g/mol. The van der Waals surface area contributed by atoms with Crippen LogP contribution in [0.1, 0.15) is 33.0 Å². The van der Waals surface area contributed by atoms with Gasteiger partial charge in [0.15, 0.2) is 11.5 Å². The number of halogens is 1. The number of carbonyl (C=O) groups excluding carboxylic acids is 2. The third-order valence-corrected chi connectivity index (χ3v) is 5.29. The fraction of sp³-hybridized carbons (Fsp3) is 0.167. The second kappa shape index (κ2) is 11.4. The number of benzene rings is 2. The van der Waals surface area contributed by atoms with Crippen molar-refractivity contribution in [1.29, 1.82) is 0 Å². The van der Waals surface area contributed by atoms with Crippen LogP contribution in [-0.4, -0.2) is 50.2 Å². The van der Waals surface area contributed by atoms with Crippen LogP contribution in [0.25, 0.3) is 11.3 Å². The molecule has 0 unspecified atom stereocenters. The van der Waals surface area contributed by atoms with Gasteiger partial charge in [-0.15, -0.1) is 5.10 Å². The van der Waals surface area contributed by atoms with E-state index in [9.17, 15) is 14.4 Å². The molecule has 190 valence electrons. The number of hydrogen-bond donors (Lipinski definition) is 2. The van der Waals surface area contributed by atoms with Gasteiger partial charge in [0.05, 0.1) is 31.0 Å². The van der Waals surface area contributed by atoms with Crippen molar-refractivity contribution >= 4 is 35.1 Å².